The van der Waals surface area contributed by atoms with E-state index in [1.165, 1.54) is 6.33 Å². The fourth-order valence-electron chi connectivity index (χ4n) is 5.42. The van der Waals surface area contributed by atoms with Crippen molar-refractivity contribution in [2.75, 3.05) is 30.5 Å². The molecule has 3 heterocycles. The summed E-state index contributed by atoms with van der Waals surface area (Å²) in [6.45, 7) is 20.3. The first kappa shape index (κ1) is 37.2. The number of fused-ring (bicyclic) bond motifs is 1. The number of nitrogens with one attached hydrogen (secondary N) is 2. The minimum absolute atomic E-state index is 0.0217. The Hall–Kier alpha value is -3.07. The number of nitrogens with zero attached hydrogens (tertiary/aromatic N) is 3. The molecule has 0 radical (unpaired) electrons. The van der Waals surface area contributed by atoms with Gasteiger partial charge in [0.05, 0.1) is 41.3 Å². The highest BCUT2D eigenvalue weighted by Gasteiger charge is 2.38. The largest absolute Gasteiger partial charge is 0.414 e. The number of carbonyl (C=O) groups is 1. The summed E-state index contributed by atoms with van der Waals surface area (Å²) in [5.74, 6) is 0.389. The van der Waals surface area contributed by atoms with E-state index in [-0.39, 0.29) is 29.7 Å². The molecule has 1 unspecified atom stereocenters. The molecule has 0 spiro atoms. The van der Waals surface area contributed by atoms with Crippen LogP contribution in [0.25, 0.3) is 11.0 Å². The molecule has 2 N–H and O–H groups in total. The molecule has 2 aromatic heterocycles. The van der Waals surface area contributed by atoms with Crippen molar-refractivity contribution in [2.24, 2.45) is 0 Å². The van der Waals surface area contributed by atoms with Crippen molar-refractivity contribution in [3.8, 4) is 0 Å². The lowest BCUT2D eigenvalue weighted by Gasteiger charge is -2.38. The van der Waals surface area contributed by atoms with Crippen LogP contribution in [0.2, 0.25) is 48.8 Å². The van der Waals surface area contributed by atoms with Gasteiger partial charge in [0.25, 0.3) is 0 Å². The normalized spacial score (nSPS) is 17.3. The maximum atomic E-state index is 14.3. The first-order valence-corrected chi connectivity index (χ1v) is 24.2. The predicted octanol–water partition coefficient (Wildman–Crippen LogP) is 9.35. The highest BCUT2D eigenvalue weighted by atomic mass is 35.5. The van der Waals surface area contributed by atoms with Gasteiger partial charge in [-0.15, -0.1) is 0 Å². The quantitative estimate of drug-likeness (QED) is 0.0755. The van der Waals surface area contributed by atoms with Crippen molar-refractivity contribution < 1.29 is 18.7 Å². The lowest BCUT2D eigenvalue weighted by atomic mass is 10.0. The van der Waals surface area contributed by atoms with Crippen molar-refractivity contribution in [1.29, 1.82) is 0 Å². The van der Waals surface area contributed by atoms with Crippen molar-refractivity contribution >= 4 is 62.0 Å². The summed E-state index contributed by atoms with van der Waals surface area (Å²) >= 11 is 6.77. The Kier molecular flexibility index (Phi) is 11.7. The number of aromatic nitrogens is 3. The van der Waals surface area contributed by atoms with E-state index in [1.54, 1.807) is 12.1 Å². The Morgan fingerprint density at radius 2 is 1.78 bits per heavy atom. The highest BCUT2D eigenvalue weighted by molar-refractivity contribution is 6.76. The van der Waals surface area contributed by atoms with E-state index in [1.807, 2.05) is 47.2 Å². The Labute approximate surface area is 298 Å². The van der Waals surface area contributed by atoms with Gasteiger partial charge in [-0.1, -0.05) is 70.2 Å². The van der Waals surface area contributed by atoms with Gasteiger partial charge in [0.1, 0.15) is 24.5 Å². The van der Waals surface area contributed by atoms with E-state index in [0.29, 0.717) is 52.8 Å². The average Bonchev–Trinajstić information content (AvgIpc) is 3.42. The molecule has 0 saturated carbocycles. The summed E-state index contributed by atoms with van der Waals surface area (Å²) in [6, 6.07) is 16.3. The fraction of sp³-hybridized carbons (Fsp3) is 0.486. The number of para-hydroxylation sites is 1. The summed E-state index contributed by atoms with van der Waals surface area (Å²) in [4.78, 5) is 23.5. The van der Waals surface area contributed by atoms with Crippen molar-refractivity contribution in [2.45, 2.75) is 96.3 Å². The summed E-state index contributed by atoms with van der Waals surface area (Å²) in [6.07, 6.45) is 5.18. The third-order valence-electron chi connectivity index (χ3n) is 9.55. The second-order valence-corrected chi connectivity index (χ2v) is 26.6. The summed E-state index contributed by atoms with van der Waals surface area (Å²) in [5, 5.41) is 8.09. The van der Waals surface area contributed by atoms with E-state index >= 15 is 0 Å². The zero-order valence-electron chi connectivity index (χ0n) is 30.2. The van der Waals surface area contributed by atoms with Crippen LogP contribution in [-0.2, 0) is 20.6 Å². The second-order valence-electron chi connectivity index (χ2n) is 15.7. The summed E-state index contributed by atoms with van der Waals surface area (Å²) < 4.78 is 20.7. The lowest BCUT2D eigenvalue weighted by Crippen LogP contribution is -2.44. The number of benzene rings is 2. The minimum Gasteiger partial charge on any atom is -0.414 e. The van der Waals surface area contributed by atoms with E-state index in [4.69, 9.17) is 25.5 Å². The summed E-state index contributed by atoms with van der Waals surface area (Å²) in [7, 11) is -3.12. The van der Waals surface area contributed by atoms with Gasteiger partial charge in [0.2, 0.25) is 0 Å². The third kappa shape index (κ3) is 9.59. The van der Waals surface area contributed by atoms with Gasteiger partial charge < -0.3 is 29.1 Å². The molecular formula is C37H52ClN5O4Si2. The molecule has 2 atom stereocenters. The molecule has 264 valence electrons. The second kappa shape index (κ2) is 15.4. The van der Waals surface area contributed by atoms with E-state index in [0.717, 1.165) is 30.3 Å². The van der Waals surface area contributed by atoms with Crippen LogP contribution in [0.1, 0.15) is 49.5 Å². The smallest absolute Gasteiger partial charge is 0.196 e. The van der Waals surface area contributed by atoms with Gasteiger partial charge >= 0.3 is 0 Å². The molecule has 2 aromatic carbocycles. The lowest BCUT2D eigenvalue weighted by molar-refractivity contribution is -0.0193. The Bertz CT molecular complexity index is 1730. The van der Waals surface area contributed by atoms with Gasteiger partial charge in [-0.25, -0.2) is 9.97 Å². The molecule has 49 heavy (non-hydrogen) atoms. The Morgan fingerprint density at radius 3 is 2.43 bits per heavy atom. The Morgan fingerprint density at radius 1 is 1.02 bits per heavy atom. The van der Waals surface area contributed by atoms with E-state index in [9.17, 15) is 4.79 Å². The molecule has 1 aliphatic rings. The maximum Gasteiger partial charge on any atom is 0.196 e. The molecule has 0 amide bonds. The van der Waals surface area contributed by atoms with Crippen molar-refractivity contribution in [1.82, 2.24) is 14.5 Å². The zero-order chi connectivity index (χ0) is 35.4. The molecular weight excluding hydrogens is 670 g/mol. The third-order valence-corrected chi connectivity index (χ3v) is 16.1. The van der Waals surface area contributed by atoms with Crippen LogP contribution < -0.4 is 10.6 Å². The number of anilines is 3. The minimum atomic E-state index is -1.86. The van der Waals surface area contributed by atoms with Crippen LogP contribution in [0.5, 0.6) is 0 Å². The number of carbonyl (C=O) groups excluding carboxylic acids is 1. The van der Waals surface area contributed by atoms with E-state index < -0.39 is 16.4 Å². The summed E-state index contributed by atoms with van der Waals surface area (Å²) in [5.41, 5.74) is 3.23. The van der Waals surface area contributed by atoms with Gasteiger partial charge in [-0.2, -0.15) is 0 Å². The van der Waals surface area contributed by atoms with Crippen LogP contribution >= 0.6 is 11.6 Å². The zero-order valence-corrected chi connectivity index (χ0v) is 33.0. The average molecular weight is 722 g/mol. The maximum absolute atomic E-state index is 14.3. The molecule has 1 aliphatic heterocycles. The number of ether oxygens (including phenoxy) is 2. The topological polar surface area (TPSA) is 99.5 Å². The highest BCUT2D eigenvalue weighted by Crippen LogP contribution is 2.37. The molecule has 12 heteroatoms. The monoisotopic (exact) mass is 721 g/mol. The SMILES string of the molecule is CC(C)(C)[Si](C)(C)OC[C@@H]1CCC(Nc2ncnc3c2c(C(=O)c2ccc(Nc4ccccc4)cc2Cl)cn3COCC[Si](C)(C)C)CO1. The standard InChI is InChI=1S/C37H52ClN5O4Si2/c1-37(2,3)49(7,8)47-23-29-16-14-28(22-46-29)42-35-33-31(21-43(36(33)40-24-39-35)25-45-18-19-48(4,5)6)34(44)30-17-15-27(20-32(30)38)41-26-12-10-9-11-13-26/h9-13,15,17,20-21,24,28-29,41H,14,16,18-19,22-23,25H2,1-8H3,(H,39,40,42)/t28?,29-/m0/s1. The predicted molar refractivity (Wildman–Crippen MR) is 206 cm³/mol. The van der Waals surface area contributed by atoms with Crippen LogP contribution in [-0.4, -0.2) is 68.7 Å². The first-order chi connectivity index (χ1) is 23.1. The molecule has 5 rings (SSSR count). The molecule has 0 bridgehead atoms. The van der Waals surface area contributed by atoms with Crippen molar-refractivity contribution in [3.05, 3.63) is 77.2 Å². The van der Waals surface area contributed by atoms with Crippen LogP contribution in [0.4, 0.5) is 17.2 Å². The number of hydrogen-bond acceptors (Lipinski definition) is 8. The Balaban J connectivity index is 1.37. The van der Waals surface area contributed by atoms with E-state index in [2.05, 4.69) is 74.1 Å². The molecule has 0 aliphatic carbocycles. The molecule has 4 aromatic rings. The van der Waals surface area contributed by atoms with Crippen LogP contribution in [0, 0.1) is 0 Å². The number of halogens is 1. The fourth-order valence-corrected chi connectivity index (χ4v) is 7.48. The first-order valence-electron chi connectivity index (χ1n) is 17.2. The molecule has 1 fully saturated rings. The molecule has 9 nitrogen and oxygen atoms in total. The van der Waals surface area contributed by atoms with Gasteiger partial charge in [-0.05, 0) is 67.3 Å². The van der Waals surface area contributed by atoms with Crippen molar-refractivity contribution in [3.63, 3.8) is 0 Å². The van der Waals surface area contributed by atoms with Gasteiger partial charge in [0, 0.05) is 37.8 Å². The van der Waals surface area contributed by atoms with Gasteiger partial charge in [0.15, 0.2) is 14.1 Å². The number of hydrogen-bond donors (Lipinski definition) is 2. The van der Waals surface area contributed by atoms with Crippen LogP contribution in [0.15, 0.2) is 61.1 Å². The number of rotatable bonds is 14. The van der Waals surface area contributed by atoms with Gasteiger partial charge in [-0.3, -0.25) is 4.79 Å². The number of ketones is 1. The molecule has 1 saturated heterocycles. The van der Waals surface area contributed by atoms with Crippen LogP contribution in [0.3, 0.4) is 0 Å².